The van der Waals surface area contributed by atoms with Crippen LogP contribution in [-0.4, -0.2) is 17.6 Å². The van der Waals surface area contributed by atoms with E-state index in [-0.39, 0.29) is 11.7 Å². The highest BCUT2D eigenvalue weighted by atomic mass is 16.5. The van der Waals surface area contributed by atoms with Crippen LogP contribution in [0.5, 0.6) is 5.75 Å². The van der Waals surface area contributed by atoms with Crippen LogP contribution < -0.4 is 16.2 Å². The molecule has 0 saturated carbocycles. The summed E-state index contributed by atoms with van der Waals surface area (Å²) in [5, 5.41) is 7.80. The quantitative estimate of drug-likeness (QED) is 0.295. The van der Waals surface area contributed by atoms with Crippen LogP contribution in [0.15, 0.2) is 45.0 Å². The maximum Gasteiger partial charge on any atom is 0.379 e. The highest BCUT2D eigenvalue weighted by Gasteiger charge is 2.28. The number of hydrogen-bond acceptors (Lipinski definition) is 5. The fourth-order valence-corrected chi connectivity index (χ4v) is 2.72. The third kappa shape index (κ3) is 3.15. The predicted octanol–water partition coefficient (Wildman–Crippen LogP) is 2.12. The van der Waals surface area contributed by atoms with Crippen LogP contribution in [0, 0.1) is 6.92 Å². The van der Waals surface area contributed by atoms with Gasteiger partial charge in [0.1, 0.15) is 11.5 Å². The van der Waals surface area contributed by atoms with E-state index in [1.807, 2.05) is 6.07 Å². The van der Waals surface area contributed by atoms with Gasteiger partial charge in [0.2, 0.25) is 11.7 Å². The number of ether oxygens (including phenoxy) is 1. The van der Waals surface area contributed by atoms with Gasteiger partial charge in [-0.1, -0.05) is 18.2 Å². The Hall–Kier alpha value is -3.09. The summed E-state index contributed by atoms with van der Waals surface area (Å²) in [5.41, 5.74) is 12.9. The van der Waals surface area contributed by atoms with Crippen LogP contribution in [0.2, 0.25) is 0 Å². The third-order valence-electron chi connectivity index (χ3n) is 3.75. The van der Waals surface area contributed by atoms with Gasteiger partial charge in [0, 0.05) is 17.5 Å². The number of esters is 1. The summed E-state index contributed by atoms with van der Waals surface area (Å²) in [5.74, 6) is 0.714. The number of benzene rings is 1. The lowest BCUT2D eigenvalue weighted by Gasteiger charge is -2.11. The molecule has 0 saturated heterocycles. The summed E-state index contributed by atoms with van der Waals surface area (Å²) >= 11 is 0. The van der Waals surface area contributed by atoms with Crippen molar-refractivity contribution in [1.82, 2.24) is 0 Å². The molecule has 0 radical (unpaired) electrons. The number of nitrogens with two attached hydrogens (primary N) is 2. The van der Waals surface area contributed by atoms with Gasteiger partial charge in [-0.05, 0) is 31.9 Å². The molecule has 124 valence electrons. The number of carbonyl (C=O) groups is 1. The van der Waals surface area contributed by atoms with Gasteiger partial charge in [-0.15, -0.1) is 5.10 Å². The summed E-state index contributed by atoms with van der Waals surface area (Å²) in [6.07, 6.45) is 2.30. The minimum Gasteiger partial charge on any atom is -0.453 e. The van der Waals surface area contributed by atoms with Gasteiger partial charge in [0.25, 0.3) is 0 Å². The highest BCUT2D eigenvalue weighted by molar-refractivity contribution is 6.06. The van der Waals surface area contributed by atoms with Crippen LogP contribution in [-0.2, 0) is 6.42 Å². The van der Waals surface area contributed by atoms with Crippen molar-refractivity contribution in [2.45, 2.75) is 26.2 Å². The number of guanidine groups is 1. The van der Waals surface area contributed by atoms with Crippen molar-refractivity contribution in [3.63, 3.8) is 0 Å². The highest BCUT2D eigenvalue weighted by Crippen LogP contribution is 2.30. The Balaban J connectivity index is 1.93. The first-order valence-corrected chi connectivity index (χ1v) is 7.61. The predicted molar refractivity (Wildman–Crippen MR) is 90.1 cm³/mol. The SMILES string of the molecule is Cc1c(C(=O)Oc2ccccc2)oc2c1/C(=N/N=C(N)N)CCC2. The average molecular weight is 326 g/mol. The second-order valence-electron chi connectivity index (χ2n) is 5.48. The molecule has 1 aliphatic carbocycles. The van der Waals surface area contributed by atoms with E-state index in [0.717, 1.165) is 24.8 Å². The molecule has 3 rings (SSSR count). The Bertz CT molecular complexity index is 818. The number of para-hydroxylation sites is 1. The average Bonchev–Trinajstić information content (AvgIpc) is 2.91. The number of carbonyl (C=O) groups excluding carboxylic acids is 1. The zero-order valence-electron chi connectivity index (χ0n) is 13.3. The van der Waals surface area contributed by atoms with E-state index in [2.05, 4.69) is 10.2 Å². The van der Waals surface area contributed by atoms with Crippen molar-refractivity contribution in [2.24, 2.45) is 21.7 Å². The standard InChI is InChI=1S/C17H18N4O3/c1-10-14-12(20-21-17(18)19)8-5-9-13(14)24-15(10)16(22)23-11-6-3-2-4-7-11/h2-4,6-7H,5,8-9H2,1H3,(H4,18,19,21)/b20-12+. The second kappa shape index (κ2) is 6.57. The number of aryl methyl sites for hydroxylation is 1. The molecular weight excluding hydrogens is 308 g/mol. The van der Waals surface area contributed by atoms with E-state index in [1.165, 1.54) is 0 Å². The van der Waals surface area contributed by atoms with E-state index in [0.29, 0.717) is 22.8 Å². The largest absolute Gasteiger partial charge is 0.453 e. The molecule has 0 amide bonds. The van der Waals surface area contributed by atoms with E-state index >= 15 is 0 Å². The Labute approximate surface area is 139 Å². The van der Waals surface area contributed by atoms with Crippen LogP contribution >= 0.6 is 0 Å². The molecule has 4 N–H and O–H groups in total. The molecule has 0 fully saturated rings. The van der Waals surface area contributed by atoms with Crippen molar-refractivity contribution in [3.05, 3.63) is 53.0 Å². The molecule has 24 heavy (non-hydrogen) atoms. The van der Waals surface area contributed by atoms with E-state index in [1.54, 1.807) is 31.2 Å². The van der Waals surface area contributed by atoms with Crippen molar-refractivity contribution < 1.29 is 13.9 Å². The van der Waals surface area contributed by atoms with E-state index < -0.39 is 5.97 Å². The lowest BCUT2D eigenvalue weighted by molar-refractivity contribution is 0.0698. The molecule has 0 spiro atoms. The van der Waals surface area contributed by atoms with Crippen LogP contribution in [0.3, 0.4) is 0 Å². The first-order chi connectivity index (χ1) is 11.6. The molecule has 2 aromatic rings. The van der Waals surface area contributed by atoms with Crippen molar-refractivity contribution in [1.29, 1.82) is 0 Å². The maximum absolute atomic E-state index is 12.4. The molecule has 0 unspecified atom stereocenters. The van der Waals surface area contributed by atoms with Gasteiger partial charge in [-0.2, -0.15) is 5.10 Å². The number of furan rings is 1. The third-order valence-corrected chi connectivity index (χ3v) is 3.75. The molecule has 1 aromatic heterocycles. The minimum absolute atomic E-state index is 0.112. The molecule has 7 nitrogen and oxygen atoms in total. The Morgan fingerprint density at radius 3 is 2.67 bits per heavy atom. The summed E-state index contributed by atoms with van der Waals surface area (Å²) in [6, 6.07) is 8.86. The molecule has 0 bridgehead atoms. The summed E-state index contributed by atoms with van der Waals surface area (Å²) in [7, 11) is 0. The van der Waals surface area contributed by atoms with Crippen molar-refractivity contribution in [3.8, 4) is 5.75 Å². The first kappa shape index (κ1) is 15.8. The zero-order chi connectivity index (χ0) is 17.1. The first-order valence-electron chi connectivity index (χ1n) is 7.61. The lowest BCUT2D eigenvalue weighted by Crippen LogP contribution is -2.22. The van der Waals surface area contributed by atoms with Gasteiger partial charge >= 0.3 is 5.97 Å². The van der Waals surface area contributed by atoms with Gasteiger partial charge in [-0.25, -0.2) is 4.79 Å². The topological polar surface area (TPSA) is 116 Å². The van der Waals surface area contributed by atoms with Gasteiger partial charge in [-0.3, -0.25) is 0 Å². The maximum atomic E-state index is 12.4. The molecule has 1 heterocycles. The molecule has 1 aromatic carbocycles. The van der Waals surface area contributed by atoms with Gasteiger partial charge in [0.05, 0.1) is 5.71 Å². The number of nitrogens with zero attached hydrogens (tertiary/aromatic N) is 2. The summed E-state index contributed by atoms with van der Waals surface area (Å²) in [4.78, 5) is 12.4. The van der Waals surface area contributed by atoms with Gasteiger partial charge < -0.3 is 20.6 Å². The smallest absolute Gasteiger partial charge is 0.379 e. The number of fused-ring (bicyclic) bond motifs is 1. The fraction of sp³-hybridized carbons (Fsp3) is 0.235. The van der Waals surface area contributed by atoms with Crippen molar-refractivity contribution in [2.75, 3.05) is 0 Å². The van der Waals surface area contributed by atoms with E-state index in [9.17, 15) is 4.79 Å². The lowest BCUT2D eigenvalue weighted by atomic mass is 9.93. The molecule has 1 aliphatic rings. The van der Waals surface area contributed by atoms with Crippen LogP contribution in [0.1, 0.15) is 40.3 Å². The second-order valence-corrected chi connectivity index (χ2v) is 5.48. The Kier molecular flexibility index (Phi) is 4.33. The Morgan fingerprint density at radius 2 is 1.96 bits per heavy atom. The van der Waals surface area contributed by atoms with Crippen molar-refractivity contribution >= 4 is 17.6 Å². The molecule has 0 aliphatic heterocycles. The zero-order valence-corrected chi connectivity index (χ0v) is 13.3. The van der Waals surface area contributed by atoms with E-state index in [4.69, 9.17) is 20.6 Å². The minimum atomic E-state index is -0.533. The number of hydrogen-bond donors (Lipinski definition) is 2. The number of rotatable bonds is 3. The fourth-order valence-electron chi connectivity index (χ4n) is 2.72. The molecular formula is C17H18N4O3. The summed E-state index contributed by atoms with van der Waals surface area (Å²) < 4.78 is 11.1. The van der Waals surface area contributed by atoms with Gasteiger partial charge in [0.15, 0.2) is 0 Å². The molecule has 0 atom stereocenters. The Morgan fingerprint density at radius 1 is 1.21 bits per heavy atom. The molecule has 7 heteroatoms. The normalized spacial score (nSPS) is 15.0. The monoisotopic (exact) mass is 326 g/mol. The van der Waals surface area contributed by atoms with Crippen LogP contribution in [0.25, 0.3) is 0 Å². The van der Waals surface area contributed by atoms with Crippen LogP contribution in [0.4, 0.5) is 0 Å². The summed E-state index contributed by atoms with van der Waals surface area (Å²) in [6.45, 7) is 1.81.